The fourth-order valence-corrected chi connectivity index (χ4v) is 2.84. The zero-order valence-corrected chi connectivity index (χ0v) is 10.2. The number of likely N-dealkylation sites (tertiary alicyclic amines) is 1. The molecular formula is C13H23NO2. The average Bonchev–Trinajstić information content (AvgIpc) is 2.27. The molecule has 1 aliphatic carbocycles. The Balaban J connectivity index is 1.82. The fraction of sp³-hybridized carbons (Fsp3) is 0.923. The molecule has 1 N–H and O–H groups in total. The first-order chi connectivity index (χ1) is 7.66. The predicted octanol–water partition coefficient (Wildman–Crippen LogP) is 1.45. The number of nitrogens with zero attached hydrogens (tertiary/aromatic N) is 1. The Hall–Kier alpha value is -0.410. The average molecular weight is 225 g/mol. The topological polar surface area (TPSA) is 40.5 Å². The van der Waals surface area contributed by atoms with Gasteiger partial charge < -0.3 is 10.0 Å². The number of aliphatic hydroxyl groups is 1. The Kier molecular flexibility index (Phi) is 3.98. The summed E-state index contributed by atoms with van der Waals surface area (Å²) in [6.07, 6.45) is 4.96. The van der Waals surface area contributed by atoms with E-state index in [1.54, 1.807) is 0 Å². The summed E-state index contributed by atoms with van der Waals surface area (Å²) in [4.78, 5) is 14.0. The van der Waals surface area contributed by atoms with Crippen LogP contribution in [0.5, 0.6) is 0 Å². The maximum atomic E-state index is 11.7. The van der Waals surface area contributed by atoms with Crippen molar-refractivity contribution in [2.24, 2.45) is 11.8 Å². The van der Waals surface area contributed by atoms with Crippen LogP contribution in [0.15, 0.2) is 0 Å². The molecule has 3 unspecified atom stereocenters. The van der Waals surface area contributed by atoms with Crippen LogP contribution < -0.4 is 0 Å². The summed E-state index contributed by atoms with van der Waals surface area (Å²) in [5, 5.41) is 9.82. The highest BCUT2D eigenvalue weighted by atomic mass is 16.3. The highest BCUT2D eigenvalue weighted by Crippen LogP contribution is 2.24. The first-order valence-electron chi connectivity index (χ1n) is 6.60. The number of rotatable bonds is 2. The molecule has 0 bridgehead atoms. The Labute approximate surface area is 97.8 Å². The molecule has 1 saturated heterocycles. The van der Waals surface area contributed by atoms with Crippen molar-refractivity contribution in [1.29, 1.82) is 0 Å². The van der Waals surface area contributed by atoms with Gasteiger partial charge in [0.15, 0.2) is 0 Å². The molecule has 1 aliphatic heterocycles. The summed E-state index contributed by atoms with van der Waals surface area (Å²) >= 11 is 0. The van der Waals surface area contributed by atoms with Gasteiger partial charge in [-0.25, -0.2) is 0 Å². The quantitative estimate of drug-likeness (QED) is 0.773. The minimum Gasteiger partial charge on any atom is -0.392 e. The molecule has 0 amide bonds. The monoisotopic (exact) mass is 225 g/mol. The molecule has 92 valence electrons. The van der Waals surface area contributed by atoms with Crippen molar-refractivity contribution in [3.63, 3.8) is 0 Å². The maximum Gasteiger partial charge on any atom is 0.137 e. The second kappa shape index (κ2) is 5.28. The molecule has 0 aromatic rings. The van der Waals surface area contributed by atoms with Crippen molar-refractivity contribution < 1.29 is 9.90 Å². The Morgan fingerprint density at radius 2 is 2.19 bits per heavy atom. The van der Waals surface area contributed by atoms with Crippen LogP contribution in [-0.4, -0.2) is 41.5 Å². The number of hydrogen-bond donors (Lipinski definition) is 1. The summed E-state index contributed by atoms with van der Waals surface area (Å²) in [5.41, 5.74) is 0. The van der Waals surface area contributed by atoms with Gasteiger partial charge in [0.1, 0.15) is 5.78 Å². The molecule has 0 radical (unpaired) electrons. The number of carbonyl (C=O) groups is 1. The first-order valence-corrected chi connectivity index (χ1v) is 6.60. The molecule has 3 heteroatoms. The van der Waals surface area contributed by atoms with Crippen molar-refractivity contribution >= 4 is 5.78 Å². The lowest BCUT2D eigenvalue weighted by atomic mass is 9.86. The van der Waals surface area contributed by atoms with Crippen LogP contribution >= 0.6 is 0 Å². The highest BCUT2D eigenvalue weighted by Gasteiger charge is 2.29. The van der Waals surface area contributed by atoms with Gasteiger partial charge in [0.25, 0.3) is 0 Å². The zero-order chi connectivity index (χ0) is 11.5. The molecule has 2 fully saturated rings. The van der Waals surface area contributed by atoms with E-state index in [4.69, 9.17) is 0 Å². The summed E-state index contributed by atoms with van der Waals surface area (Å²) < 4.78 is 0. The summed E-state index contributed by atoms with van der Waals surface area (Å²) in [7, 11) is 0. The molecule has 1 heterocycles. The normalized spacial score (nSPS) is 37.6. The second-order valence-corrected chi connectivity index (χ2v) is 5.50. The van der Waals surface area contributed by atoms with E-state index in [0.717, 1.165) is 45.3 Å². The third kappa shape index (κ3) is 2.83. The molecule has 16 heavy (non-hydrogen) atoms. The third-order valence-corrected chi connectivity index (χ3v) is 4.16. The van der Waals surface area contributed by atoms with Gasteiger partial charge in [-0.2, -0.15) is 0 Å². The van der Waals surface area contributed by atoms with Crippen molar-refractivity contribution in [3.8, 4) is 0 Å². The number of hydrogen-bond acceptors (Lipinski definition) is 3. The standard InChI is InChI=1S/C13H23NO2/c1-10-6-7-14(9-13(10)16)8-11-4-2-3-5-12(11)15/h10-11,13,16H,2-9H2,1H3. The molecule has 3 atom stereocenters. The molecule has 3 nitrogen and oxygen atoms in total. The van der Waals surface area contributed by atoms with Crippen LogP contribution in [0.1, 0.15) is 39.0 Å². The van der Waals surface area contributed by atoms with Gasteiger partial charge in [-0.15, -0.1) is 0 Å². The lowest BCUT2D eigenvalue weighted by Crippen LogP contribution is -2.46. The minimum absolute atomic E-state index is 0.201. The van der Waals surface area contributed by atoms with E-state index in [2.05, 4.69) is 11.8 Å². The molecule has 2 aliphatic rings. The van der Waals surface area contributed by atoms with Crippen LogP contribution in [0.3, 0.4) is 0 Å². The van der Waals surface area contributed by atoms with E-state index in [1.165, 1.54) is 6.42 Å². The van der Waals surface area contributed by atoms with Crippen LogP contribution in [0, 0.1) is 11.8 Å². The fourth-order valence-electron chi connectivity index (χ4n) is 2.84. The maximum absolute atomic E-state index is 11.7. The number of ketones is 1. The molecule has 2 rings (SSSR count). The van der Waals surface area contributed by atoms with E-state index in [1.807, 2.05) is 0 Å². The van der Waals surface area contributed by atoms with Crippen LogP contribution in [0.25, 0.3) is 0 Å². The molecular weight excluding hydrogens is 202 g/mol. The van der Waals surface area contributed by atoms with E-state index in [-0.39, 0.29) is 12.0 Å². The van der Waals surface area contributed by atoms with Gasteiger partial charge in [0, 0.05) is 25.4 Å². The molecule has 0 spiro atoms. The minimum atomic E-state index is -0.201. The summed E-state index contributed by atoms with van der Waals surface area (Å²) in [6, 6.07) is 0. The van der Waals surface area contributed by atoms with E-state index in [9.17, 15) is 9.90 Å². The summed E-state index contributed by atoms with van der Waals surface area (Å²) in [6.45, 7) is 4.78. The van der Waals surface area contributed by atoms with Gasteiger partial charge in [0.05, 0.1) is 6.10 Å². The molecule has 0 aromatic carbocycles. The molecule has 1 saturated carbocycles. The predicted molar refractivity (Wildman–Crippen MR) is 63.2 cm³/mol. The third-order valence-electron chi connectivity index (χ3n) is 4.16. The SMILES string of the molecule is CC1CCN(CC2CCCCC2=O)CC1O. The number of β-amino-alcohol motifs (C(OH)–C–C–N with tert-alkyl or cyclic N) is 1. The van der Waals surface area contributed by atoms with Gasteiger partial charge in [0.2, 0.25) is 0 Å². The zero-order valence-electron chi connectivity index (χ0n) is 10.2. The van der Waals surface area contributed by atoms with E-state index in [0.29, 0.717) is 11.7 Å². The smallest absolute Gasteiger partial charge is 0.137 e. The van der Waals surface area contributed by atoms with Crippen LogP contribution in [0.2, 0.25) is 0 Å². The Morgan fingerprint density at radius 1 is 1.38 bits per heavy atom. The van der Waals surface area contributed by atoms with E-state index >= 15 is 0 Å². The second-order valence-electron chi connectivity index (χ2n) is 5.50. The van der Waals surface area contributed by atoms with Crippen LogP contribution in [0.4, 0.5) is 0 Å². The Morgan fingerprint density at radius 3 is 2.88 bits per heavy atom. The highest BCUT2D eigenvalue weighted by molar-refractivity contribution is 5.81. The number of carbonyl (C=O) groups excluding carboxylic acids is 1. The van der Waals surface area contributed by atoms with Gasteiger partial charge in [-0.1, -0.05) is 13.3 Å². The van der Waals surface area contributed by atoms with Gasteiger partial charge in [-0.3, -0.25) is 4.79 Å². The lowest BCUT2D eigenvalue weighted by molar-refractivity contribution is -0.125. The molecule has 0 aromatic heterocycles. The van der Waals surface area contributed by atoms with Gasteiger partial charge in [-0.05, 0) is 31.7 Å². The van der Waals surface area contributed by atoms with Gasteiger partial charge >= 0.3 is 0 Å². The number of piperidine rings is 1. The Bertz CT molecular complexity index is 254. The largest absolute Gasteiger partial charge is 0.392 e. The van der Waals surface area contributed by atoms with Crippen molar-refractivity contribution in [1.82, 2.24) is 4.90 Å². The lowest BCUT2D eigenvalue weighted by Gasteiger charge is -2.36. The summed E-state index contributed by atoms with van der Waals surface area (Å²) in [5.74, 6) is 1.10. The van der Waals surface area contributed by atoms with Crippen molar-refractivity contribution in [3.05, 3.63) is 0 Å². The number of aliphatic hydroxyl groups excluding tert-OH is 1. The van der Waals surface area contributed by atoms with Crippen molar-refractivity contribution in [2.45, 2.75) is 45.1 Å². The van der Waals surface area contributed by atoms with Crippen LogP contribution in [-0.2, 0) is 4.79 Å². The van der Waals surface area contributed by atoms with Crippen molar-refractivity contribution in [2.75, 3.05) is 19.6 Å². The number of Topliss-reactive ketones (excluding diaryl/α,β-unsaturated/α-hetero) is 1. The van der Waals surface area contributed by atoms with E-state index < -0.39 is 0 Å². The first kappa shape index (κ1) is 12.1.